The molecule has 0 radical (unpaired) electrons. The maximum absolute atomic E-state index is 8.09. The fraction of sp³-hybridized carbons (Fsp3) is 0.750. The predicted octanol–water partition coefficient (Wildman–Crippen LogP) is -0.470. The minimum atomic E-state index is -0.403. The van der Waals surface area contributed by atoms with E-state index in [1.54, 1.807) is 13.8 Å². The van der Waals surface area contributed by atoms with Crippen LogP contribution in [0.1, 0.15) is 13.8 Å². The summed E-state index contributed by atoms with van der Waals surface area (Å²) in [5.41, 5.74) is 3.12. The Morgan fingerprint density at radius 3 is 1.83 bits per heavy atom. The van der Waals surface area contributed by atoms with Crippen LogP contribution in [0.3, 0.4) is 0 Å². The molecular weight excluding hydrogens is 76.1 g/mol. The predicted molar refractivity (Wildman–Crippen MR) is 22.6 cm³/mol. The first-order valence-corrected chi connectivity index (χ1v) is 1.83. The zero-order chi connectivity index (χ0) is 5.21. The van der Waals surface area contributed by atoms with Crippen molar-refractivity contribution in [1.82, 2.24) is 0 Å². The quantitative estimate of drug-likeness (QED) is 0.425. The van der Waals surface area contributed by atoms with Gasteiger partial charge in [0.15, 0.2) is 5.54 Å². The number of rotatable bonds is 0. The normalized spacial score (nSPS) is 10.3. The molecule has 0 bridgehead atoms. The lowest BCUT2D eigenvalue weighted by Crippen LogP contribution is -2.68. The van der Waals surface area contributed by atoms with Gasteiger partial charge in [-0.3, -0.25) is 0 Å². The van der Waals surface area contributed by atoms with Gasteiger partial charge in [-0.15, -0.1) is 0 Å². The molecule has 0 aromatic heterocycles. The number of nitriles is 1. The molecular formula is C4H9N2+. The van der Waals surface area contributed by atoms with Gasteiger partial charge in [0, 0.05) is 13.8 Å². The van der Waals surface area contributed by atoms with Crippen LogP contribution in [0.5, 0.6) is 0 Å². The lowest BCUT2D eigenvalue weighted by Gasteiger charge is -1.97. The van der Waals surface area contributed by atoms with Gasteiger partial charge in [0.1, 0.15) is 6.07 Å². The van der Waals surface area contributed by atoms with E-state index in [-0.39, 0.29) is 0 Å². The highest BCUT2D eigenvalue weighted by atomic mass is 14.7. The largest absolute Gasteiger partial charge is 0.341 e. The Kier molecular flexibility index (Phi) is 1.16. The van der Waals surface area contributed by atoms with E-state index >= 15 is 0 Å². The standard InChI is InChI=1S/C4H8N2/c1-4(2,6)3-5/h6H2,1-2H3/p+1. The van der Waals surface area contributed by atoms with Crippen molar-refractivity contribution in [1.29, 1.82) is 5.26 Å². The highest BCUT2D eigenvalue weighted by Crippen LogP contribution is 1.84. The second-order valence-corrected chi connectivity index (χ2v) is 2.00. The topological polar surface area (TPSA) is 51.4 Å². The summed E-state index contributed by atoms with van der Waals surface area (Å²) in [5, 5.41) is 8.09. The lowest BCUT2D eigenvalue weighted by molar-refractivity contribution is -0.443. The van der Waals surface area contributed by atoms with E-state index in [2.05, 4.69) is 5.73 Å². The minimum absolute atomic E-state index is 0.403. The monoisotopic (exact) mass is 85.1 g/mol. The van der Waals surface area contributed by atoms with Crippen molar-refractivity contribution in [3.05, 3.63) is 0 Å². The van der Waals surface area contributed by atoms with Crippen LogP contribution in [0.4, 0.5) is 0 Å². The van der Waals surface area contributed by atoms with Gasteiger partial charge in [-0.2, -0.15) is 5.26 Å². The van der Waals surface area contributed by atoms with E-state index in [9.17, 15) is 0 Å². The highest BCUT2D eigenvalue weighted by Gasteiger charge is 2.10. The Hall–Kier alpha value is -0.550. The molecule has 6 heavy (non-hydrogen) atoms. The van der Waals surface area contributed by atoms with Crippen LogP contribution in [0.15, 0.2) is 0 Å². The maximum atomic E-state index is 8.09. The summed E-state index contributed by atoms with van der Waals surface area (Å²) in [6, 6.07) is 1.99. The molecule has 0 rings (SSSR count). The molecule has 0 aliphatic rings. The van der Waals surface area contributed by atoms with Gasteiger partial charge in [-0.1, -0.05) is 0 Å². The average Bonchev–Trinajstić information content (AvgIpc) is 1.35. The van der Waals surface area contributed by atoms with Crippen LogP contribution in [-0.2, 0) is 0 Å². The molecule has 0 unspecified atom stereocenters. The Bertz CT molecular complexity index is 72.5. The molecule has 0 aromatic rings. The first-order chi connectivity index (χ1) is 2.56. The second-order valence-electron chi connectivity index (χ2n) is 2.00. The van der Waals surface area contributed by atoms with Crippen molar-refractivity contribution in [2.24, 2.45) is 0 Å². The van der Waals surface area contributed by atoms with Crippen LogP contribution in [0.2, 0.25) is 0 Å². The first kappa shape index (κ1) is 5.45. The summed E-state index contributed by atoms with van der Waals surface area (Å²) in [7, 11) is 0. The SMILES string of the molecule is CC(C)([NH3+])C#N. The van der Waals surface area contributed by atoms with Crippen LogP contribution in [0.25, 0.3) is 0 Å². The van der Waals surface area contributed by atoms with E-state index in [0.29, 0.717) is 0 Å². The number of nitrogens with zero attached hydrogens (tertiary/aromatic N) is 1. The summed E-state index contributed by atoms with van der Waals surface area (Å²) >= 11 is 0. The molecule has 0 saturated heterocycles. The van der Waals surface area contributed by atoms with E-state index in [1.165, 1.54) is 0 Å². The molecule has 0 aliphatic carbocycles. The Morgan fingerprint density at radius 1 is 1.67 bits per heavy atom. The van der Waals surface area contributed by atoms with E-state index in [1.807, 2.05) is 6.07 Å². The van der Waals surface area contributed by atoms with Crippen LogP contribution < -0.4 is 5.73 Å². The molecule has 2 heteroatoms. The number of quaternary nitrogens is 1. The summed E-state index contributed by atoms with van der Waals surface area (Å²) in [5.74, 6) is 0. The highest BCUT2D eigenvalue weighted by molar-refractivity contribution is 4.89. The molecule has 34 valence electrons. The third-order valence-electron chi connectivity index (χ3n) is 0.303. The molecule has 0 heterocycles. The maximum Gasteiger partial charge on any atom is 0.176 e. The zero-order valence-corrected chi connectivity index (χ0v) is 4.15. The summed E-state index contributed by atoms with van der Waals surface area (Å²) < 4.78 is 0. The first-order valence-electron chi connectivity index (χ1n) is 1.83. The van der Waals surface area contributed by atoms with E-state index in [4.69, 9.17) is 5.26 Å². The minimum Gasteiger partial charge on any atom is -0.341 e. The van der Waals surface area contributed by atoms with E-state index < -0.39 is 5.54 Å². The molecule has 3 N–H and O–H groups in total. The van der Waals surface area contributed by atoms with Gasteiger partial charge in [0.25, 0.3) is 0 Å². The van der Waals surface area contributed by atoms with E-state index in [0.717, 1.165) is 0 Å². The summed E-state index contributed by atoms with van der Waals surface area (Å²) in [6.45, 7) is 3.54. The summed E-state index contributed by atoms with van der Waals surface area (Å²) in [6.07, 6.45) is 0. The van der Waals surface area contributed by atoms with Crippen molar-refractivity contribution in [3.8, 4) is 6.07 Å². The zero-order valence-electron chi connectivity index (χ0n) is 4.15. The van der Waals surface area contributed by atoms with Crippen molar-refractivity contribution in [3.63, 3.8) is 0 Å². The van der Waals surface area contributed by atoms with Crippen LogP contribution in [-0.4, -0.2) is 5.54 Å². The molecule has 2 nitrogen and oxygen atoms in total. The third kappa shape index (κ3) is 3.45. The van der Waals surface area contributed by atoms with Crippen molar-refractivity contribution in [2.45, 2.75) is 19.4 Å². The average molecular weight is 85.1 g/mol. The number of hydrogen-bond donors (Lipinski definition) is 1. The Labute approximate surface area is 37.6 Å². The molecule has 0 fully saturated rings. The fourth-order valence-corrected chi connectivity index (χ4v) is 0. The molecule has 0 aliphatic heterocycles. The molecule has 0 atom stereocenters. The van der Waals surface area contributed by atoms with Crippen molar-refractivity contribution < 1.29 is 5.73 Å². The third-order valence-corrected chi connectivity index (χ3v) is 0.303. The van der Waals surface area contributed by atoms with Gasteiger partial charge >= 0.3 is 0 Å². The Balaban J connectivity index is 3.55. The van der Waals surface area contributed by atoms with Gasteiger partial charge in [0.2, 0.25) is 0 Å². The molecule has 0 saturated carbocycles. The smallest absolute Gasteiger partial charge is 0.176 e. The van der Waals surface area contributed by atoms with Crippen LogP contribution in [0, 0.1) is 11.3 Å². The number of hydrogen-bond acceptors (Lipinski definition) is 1. The fourth-order valence-electron chi connectivity index (χ4n) is 0. The molecule has 0 aromatic carbocycles. The van der Waals surface area contributed by atoms with Crippen molar-refractivity contribution >= 4 is 0 Å². The van der Waals surface area contributed by atoms with Gasteiger partial charge in [-0.25, -0.2) is 0 Å². The lowest BCUT2D eigenvalue weighted by atomic mass is 10.1. The summed E-state index contributed by atoms with van der Waals surface area (Å²) in [4.78, 5) is 0. The molecule has 0 spiro atoms. The van der Waals surface area contributed by atoms with Gasteiger partial charge in [-0.05, 0) is 0 Å². The molecule has 0 amide bonds. The second kappa shape index (κ2) is 1.27. The van der Waals surface area contributed by atoms with Gasteiger partial charge < -0.3 is 5.73 Å². The van der Waals surface area contributed by atoms with Gasteiger partial charge in [0.05, 0.1) is 0 Å². The van der Waals surface area contributed by atoms with Crippen molar-refractivity contribution in [2.75, 3.05) is 0 Å². The Morgan fingerprint density at radius 2 is 1.83 bits per heavy atom. The van der Waals surface area contributed by atoms with Crippen LogP contribution >= 0.6 is 0 Å².